The first-order valence-corrected chi connectivity index (χ1v) is 9.74. The minimum Gasteiger partial charge on any atom is -0.478 e. The third-order valence-corrected chi connectivity index (χ3v) is 5.16. The highest BCUT2D eigenvalue weighted by Crippen LogP contribution is 2.24. The number of benzene rings is 2. The predicted octanol–water partition coefficient (Wildman–Crippen LogP) is 4.05. The van der Waals surface area contributed by atoms with Gasteiger partial charge in [0.25, 0.3) is 5.91 Å². The van der Waals surface area contributed by atoms with Gasteiger partial charge in [-0.1, -0.05) is 11.6 Å². The number of piperazine rings is 1. The summed E-state index contributed by atoms with van der Waals surface area (Å²) in [6.07, 6.45) is 0. The highest BCUT2D eigenvalue weighted by Gasteiger charge is 2.35. The molecule has 3 rings (SSSR count). The lowest BCUT2D eigenvalue weighted by atomic mass is 10.1. The fourth-order valence-electron chi connectivity index (χ4n) is 3.30. The molecule has 0 radical (unpaired) electrons. The van der Waals surface area contributed by atoms with Crippen LogP contribution in [0.2, 0.25) is 5.02 Å². The van der Waals surface area contributed by atoms with E-state index in [1.165, 1.54) is 0 Å². The van der Waals surface area contributed by atoms with Crippen LogP contribution in [-0.2, 0) is 4.79 Å². The molecule has 2 aromatic rings. The number of anilines is 1. The van der Waals surface area contributed by atoms with Crippen molar-refractivity contribution in [3.63, 3.8) is 0 Å². The Labute approximate surface area is 170 Å². The van der Waals surface area contributed by atoms with E-state index in [1.54, 1.807) is 45.0 Å². The molecule has 0 spiro atoms. The van der Waals surface area contributed by atoms with Crippen molar-refractivity contribution < 1.29 is 14.3 Å². The van der Waals surface area contributed by atoms with Crippen molar-refractivity contribution in [3.05, 3.63) is 59.1 Å². The van der Waals surface area contributed by atoms with Gasteiger partial charge in [-0.3, -0.25) is 9.59 Å². The highest BCUT2D eigenvalue weighted by atomic mass is 35.5. The Morgan fingerprint density at radius 2 is 1.50 bits per heavy atom. The topological polar surface area (TPSA) is 49.9 Å². The fraction of sp³-hybridized carbons (Fsp3) is 0.364. The SMILES string of the molecule is CC(=O)c1ccc(N2CCN(C(=O)C(C)(C)Oc3ccc(Cl)cc3)CC2)cc1. The monoisotopic (exact) mass is 400 g/mol. The molecule has 0 atom stereocenters. The second-order valence-electron chi connectivity index (χ2n) is 7.45. The maximum Gasteiger partial charge on any atom is 0.266 e. The summed E-state index contributed by atoms with van der Waals surface area (Å²) >= 11 is 5.90. The third kappa shape index (κ3) is 4.65. The summed E-state index contributed by atoms with van der Waals surface area (Å²) in [5, 5.41) is 0.629. The first kappa shape index (κ1) is 20.2. The second kappa shape index (κ2) is 8.23. The van der Waals surface area contributed by atoms with Gasteiger partial charge < -0.3 is 14.5 Å². The largest absolute Gasteiger partial charge is 0.478 e. The Balaban J connectivity index is 1.59. The summed E-state index contributed by atoms with van der Waals surface area (Å²) in [5.41, 5.74) is 0.812. The van der Waals surface area contributed by atoms with E-state index in [4.69, 9.17) is 16.3 Å². The molecule has 148 valence electrons. The van der Waals surface area contributed by atoms with Crippen LogP contribution < -0.4 is 9.64 Å². The first-order chi connectivity index (χ1) is 13.3. The maximum atomic E-state index is 13.0. The Morgan fingerprint density at radius 3 is 2.04 bits per heavy atom. The first-order valence-electron chi connectivity index (χ1n) is 9.36. The molecule has 0 unspecified atom stereocenters. The normalized spacial score (nSPS) is 14.7. The van der Waals surface area contributed by atoms with Gasteiger partial charge >= 0.3 is 0 Å². The zero-order valence-electron chi connectivity index (χ0n) is 16.4. The van der Waals surface area contributed by atoms with Crippen LogP contribution in [0.3, 0.4) is 0 Å². The molecule has 28 heavy (non-hydrogen) atoms. The Bertz CT molecular complexity index is 839. The summed E-state index contributed by atoms with van der Waals surface area (Å²) in [5.74, 6) is 0.644. The van der Waals surface area contributed by atoms with Gasteiger partial charge in [-0.15, -0.1) is 0 Å². The van der Waals surface area contributed by atoms with Crippen molar-refractivity contribution in [1.82, 2.24) is 4.90 Å². The molecule has 1 heterocycles. The van der Waals surface area contributed by atoms with Crippen LogP contribution in [0.5, 0.6) is 5.75 Å². The van der Waals surface area contributed by atoms with Crippen molar-refractivity contribution in [2.75, 3.05) is 31.1 Å². The molecular weight excluding hydrogens is 376 g/mol. The van der Waals surface area contributed by atoms with Crippen molar-refractivity contribution in [3.8, 4) is 5.75 Å². The van der Waals surface area contributed by atoms with Gasteiger partial charge in [-0.2, -0.15) is 0 Å². The summed E-state index contributed by atoms with van der Waals surface area (Å²) in [7, 11) is 0. The van der Waals surface area contributed by atoms with E-state index in [9.17, 15) is 9.59 Å². The molecule has 2 aromatic carbocycles. The fourth-order valence-corrected chi connectivity index (χ4v) is 3.42. The number of ketones is 1. The van der Waals surface area contributed by atoms with Gasteiger partial charge in [0.15, 0.2) is 11.4 Å². The minimum atomic E-state index is -0.959. The van der Waals surface area contributed by atoms with Crippen molar-refractivity contribution in [2.24, 2.45) is 0 Å². The molecule has 0 saturated carbocycles. The van der Waals surface area contributed by atoms with E-state index in [0.717, 1.165) is 18.8 Å². The van der Waals surface area contributed by atoms with E-state index in [-0.39, 0.29) is 11.7 Å². The Morgan fingerprint density at radius 1 is 0.929 bits per heavy atom. The summed E-state index contributed by atoms with van der Waals surface area (Å²) in [6.45, 7) is 7.87. The molecular formula is C22H25ClN2O3. The molecule has 1 saturated heterocycles. The third-order valence-electron chi connectivity index (χ3n) is 4.91. The summed E-state index contributed by atoms with van der Waals surface area (Å²) < 4.78 is 5.92. The smallest absolute Gasteiger partial charge is 0.266 e. The number of hydrogen-bond acceptors (Lipinski definition) is 4. The zero-order valence-corrected chi connectivity index (χ0v) is 17.2. The van der Waals surface area contributed by atoms with E-state index in [1.807, 2.05) is 29.2 Å². The number of nitrogens with zero attached hydrogens (tertiary/aromatic N) is 2. The van der Waals surface area contributed by atoms with Gasteiger partial charge in [0, 0.05) is 42.5 Å². The molecule has 0 aromatic heterocycles. The van der Waals surface area contributed by atoms with Crippen LogP contribution in [0.4, 0.5) is 5.69 Å². The predicted molar refractivity (Wildman–Crippen MR) is 111 cm³/mol. The van der Waals surface area contributed by atoms with Gasteiger partial charge in [-0.25, -0.2) is 0 Å². The van der Waals surface area contributed by atoms with Crippen molar-refractivity contribution in [2.45, 2.75) is 26.4 Å². The van der Waals surface area contributed by atoms with Crippen LogP contribution in [0.15, 0.2) is 48.5 Å². The molecule has 1 aliphatic rings. The van der Waals surface area contributed by atoms with E-state index in [2.05, 4.69) is 4.90 Å². The molecule has 0 aliphatic carbocycles. The molecule has 1 amide bonds. The van der Waals surface area contributed by atoms with Crippen LogP contribution in [-0.4, -0.2) is 48.4 Å². The number of amides is 1. The van der Waals surface area contributed by atoms with E-state index >= 15 is 0 Å². The maximum absolute atomic E-state index is 13.0. The lowest BCUT2D eigenvalue weighted by Gasteiger charge is -2.39. The molecule has 6 heteroatoms. The zero-order chi connectivity index (χ0) is 20.3. The Kier molecular flexibility index (Phi) is 5.94. The molecule has 0 bridgehead atoms. The standard InChI is InChI=1S/C22H25ClN2O3/c1-16(26)17-4-8-19(9-5-17)24-12-14-25(15-13-24)21(27)22(2,3)28-20-10-6-18(23)7-11-20/h4-11H,12-15H2,1-3H3. The van der Waals surface area contributed by atoms with Crippen molar-refractivity contribution >= 4 is 29.0 Å². The summed E-state index contributed by atoms with van der Waals surface area (Å²) in [6, 6.07) is 14.6. The average molecular weight is 401 g/mol. The van der Waals surface area contributed by atoms with Gasteiger partial charge in [0.05, 0.1) is 0 Å². The molecule has 0 N–H and O–H groups in total. The lowest BCUT2D eigenvalue weighted by Crippen LogP contribution is -2.55. The summed E-state index contributed by atoms with van der Waals surface area (Å²) in [4.78, 5) is 28.5. The number of ether oxygens (including phenoxy) is 1. The molecule has 1 fully saturated rings. The quantitative estimate of drug-likeness (QED) is 0.710. The van der Waals surface area contributed by atoms with Crippen LogP contribution in [0.1, 0.15) is 31.1 Å². The minimum absolute atomic E-state index is 0.0333. The number of carbonyl (C=O) groups excluding carboxylic acids is 2. The number of Topliss-reactive ketones (excluding diaryl/α,β-unsaturated/α-hetero) is 1. The van der Waals surface area contributed by atoms with E-state index < -0.39 is 5.60 Å². The molecule has 5 nitrogen and oxygen atoms in total. The van der Waals surface area contributed by atoms with Gasteiger partial charge in [-0.05, 0) is 69.3 Å². The van der Waals surface area contributed by atoms with Gasteiger partial charge in [0.1, 0.15) is 5.75 Å². The van der Waals surface area contributed by atoms with Crippen LogP contribution >= 0.6 is 11.6 Å². The van der Waals surface area contributed by atoms with Crippen LogP contribution in [0, 0.1) is 0 Å². The Hall–Kier alpha value is -2.53. The number of carbonyl (C=O) groups is 2. The number of halogens is 1. The molecule has 1 aliphatic heterocycles. The lowest BCUT2D eigenvalue weighted by molar-refractivity contribution is -0.145. The number of hydrogen-bond donors (Lipinski definition) is 0. The highest BCUT2D eigenvalue weighted by molar-refractivity contribution is 6.30. The van der Waals surface area contributed by atoms with Crippen molar-refractivity contribution in [1.29, 1.82) is 0 Å². The number of rotatable bonds is 5. The van der Waals surface area contributed by atoms with Crippen LogP contribution in [0.25, 0.3) is 0 Å². The average Bonchev–Trinajstić information content (AvgIpc) is 2.69. The van der Waals surface area contributed by atoms with Gasteiger partial charge in [0.2, 0.25) is 0 Å². The second-order valence-corrected chi connectivity index (χ2v) is 7.89. The van der Waals surface area contributed by atoms with E-state index in [0.29, 0.717) is 29.4 Å².